The van der Waals surface area contributed by atoms with Crippen molar-refractivity contribution in [2.75, 3.05) is 26.7 Å². The first-order chi connectivity index (χ1) is 9.05. The molecule has 4 nitrogen and oxygen atoms in total. The molecule has 0 aromatic carbocycles. The number of nitrogens with zero attached hydrogens (tertiary/aromatic N) is 1. The lowest BCUT2D eigenvalue weighted by Gasteiger charge is -2.45. The summed E-state index contributed by atoms with van der Waals surface area (Å²) in [6.07, 6.45) is 7.26. The van der Waals surface area contributed by atoms with Gasteiger partial charge in [-0.25, -0.2) is 0 Å². The molecule has 0 heterocycles. The van der Waals surface area contributed by atoms with Gasteiger partial charge in [0.2, 0.25) is 5.91 Å². The second-order valence-corrected chi connectivity index (χ2v) is 6.71. The van der Waals surface area contributed by atoms with Crippen molar-refractivity contribution in [3.8, 4) is 0 Å². The Hall–Kier alpha value is -0.610. The Bertz CT molecular complexity index is 307. The highest BCUT2D eigenvalue weighted by Crippen LogP contribution is 2.35. The van der Waals surface area contributed by atoms with Gasteiger partial charge >= 0.3 is 0 Å². The average Bonchev–Trinajstić information content (AvgIpc) is 3.21. The minimum atomic E-state index is 0.0451. The van der Waals surface area contributed by atoms with Crippen LogP contribution >= 0.6 is 0 Å². The van der Waals surface area contributed by atoms with Gasteiger partial charge in [-0.05, 0) is 57.4 Å². The SMILES string of the molecule is CC1CCC(CN)(N(C)CC(=O)NCC2CC2)CC1. The van der Waals surface area contributed by atoms with E-state index in [4.69, 9.17) is 5.73 Å². The molecule has 2 saturated carbocycles. The van der Waals surface area contributed by atoms with Crippen molar-refractivity contribution in [1.29, 1.82) is 0 Å². The van der Waals surface area contributed by atoms with Crippen LogP contribution in [0.2, 0.25) is 0 Å². The molecule has 0 unspecified atom stereocenters. The first kappa shape index (κ1) is 14.8. The maximum absolute atomic E-state index is 12.0. The summed E-state index contributed by atoms with van der Waals surface area (Å²) in [5.41, 5.74) is 6.06. The van der Waals surface area contributed by atoms with Crippen LogP contribution in [0.1, 0.15) is 45.4 Å². The Morgan fingerprint density at radius 1 is 1.32 bits per heavy atom. The van der Waals surface area contributed by atoms with Crippen molar-refractivity contribution in [3.63, 3.8) is 0 Å². The van der Waals surface area contributed by atoms with E-state index in [2.05, 4.69) is 24.2 Å². The summed E-state index contributed by atoms with van der Waals surface area (Å²) in [6, 6.07) is 0. The molecule has 1 amide bonds. The molecular formula is C15H29N3O. The Balaban J connectivity index is 1.81. The predicted molar refractivity (Wildman–Crippen MR) is 77.8 cm³/mol. The van der Waals surface area contributed by atoms with Crippen molar-refractivity contribution in [1.82, 2.24) is 10.2 Å². The minimum absolute atomic E-state index is 0.0451. The first-order valence-electron chi connectivity index (χ1n) is 7.74. The predicted octanol–water partition coefficient (Wildman–Crippen LogP) is 1.35. The van der Waals surface area contributed by atoms with E-state index in [1.54, 1.807) is 0 Å². The van der Waals surface area contributed by atoms with Gasteiger partial charge < -0.3 is 11.1 Å². The topological polar surface area (TPSA) is 58.4 Å². The van der Waals surface area contributed by atoms with Crippen molar-refractivity contribution in [2.24, 2.45) is 17.6 Å². The highest BCUT2D eigenvalue weighted by Gasteiger charge is 2.37. The first-order valence-corrected chi connectivity index (χ1v) is 7.74. The van der Waals surface area contributed by atoms with Crippen LogP contribution in [0.3, 0.4) is 0 Å². The number of amides is 1. The van der Waals surface area contributed by atoms with Crippen molar-refractivity contribution in [2.45, 2.75) is 51.0 Å². The smallest absolute Gasteiger partial charge is 0.234 e. The third kappa shape index (κ3) is 3.93. The van der Waals surface area contributed by atoms with Gasteiger partial charge in [0, 0.05) is 18.6 Å². The summed E-state index contributed by atoms with van der Waals surface area (Å²) >= 11 is 0. The summed E-state index contributed by atoms with van der Waals surface area (Å²) < 4.78 is 0. The molecule has 0 aromatic rings. The van der Waals surface area contributed by atoms with Crippen LogP contribution in [0.25, 0.3) is 0 Å². The number of rotatable bonds is 6. The van der Waals surface area contributed by atoms with E-state index in [0.29, 0.717) is 13.1 Å². The molecule has 2 fully saturated rings. The van der Waals surface area contributed by atoms with Crippen LogP contribution in [0, 0.1) is 11.8 Å². The number of nitrogens with one attached hydrogen (secondary N) is 1. The quantitative estimate of drug-likeness (QED) is 0.764. The van der Waals surface area contributed by atoms with Gasteiger partial charge in [0.05, 0.1) is 6.54 Å². The second-order valence-electron chi connectivity index (χ2n) is 6.71. The van der Waals surface area contributed by atoms with Crippen LogP contribution in [-0.4, -0.2) is 43.0 Å². The summed E-state index contributed by atoms with van der Waals surface area (Å²) in [7, 11) is 2.06. The number of hydrogen-bond acceptors (Lipinski definition) is 3. The van der Waals surface area contributed by atoms with E-state index >= 15 is 0 Å². The molecule has 3 N–H and O–H groups in total. The number of carbonyl (C=O) groups excluding carboxylic acids is 1. The molecule has 0 spiro atoms. The molecule has 0 aromatic heterocycles. The third-order valence-electron chi connectivity index (χ3n) is 5.06. The molecule has 110 valence electrons. The molecule has 0 radical (unpaired) electrons. The normalized spacial score (nSPS) is 31.5. The molecule has 0 atom stereocenters. The highest BCUT2D eigenvalue weighted by atomic mass is 16.2. The molecule has 19 heavy (non-hydrogen) atoms. The Morgan fingerprint density at radius 3 is 2.47 bits per heavy atom. The third-order valence-corrected chi connectivity index (χ3v) is 5.06. The van der Waals surface area contributed by atoms with Gasteiger partial charge in [0.1, 0.15) is 0 Å². The van der Waals surface area contributed by atoms with E-state index in [1.807, 2.05) is 0 Å². The molecule has 2 aliphatic rings. The number of likely N-dealkylation sites (N-methyl/N-ethyl adjacent to an activating group) is 1. The fourth-order valence-electron chi connectivity index (χ4n) is 3.06. The van der Waals surface area contributed by atoms with Crippen molar-refractivity contribution >= 4 is 5.91 Å². The van der Waals surface area contributed by atoms with E-state index < -0.39 is 0 Å². The lowest BCUT2D eigenvalue weighted by molar-refractivity contribution is -0.123. The van der Waals surface area contributed by atoms with E-state index in [1.165, 1.54) is 25.7 Å². The fraction of sp³-hybridized carbons (Fsp3) is 0.933. The molecule has 0 saturated heterocycles. The van der Waals surface area contributed by atoms with E-state index in [9.17, 15) is 4.79 Å². The number of carbonyl (C=O) groups is 1. The van der Waals surface area contributed by atoms with E-state index in [-0.39, 0.29) is 11.4 Å². The Labute approximate surface area is 117 Å². The summed E-state index contributed by atoms with van der Waals surface area (Å²) in [6.45, 7) is 4.31. The Morgan fingerprint density at radius 2 is 1.95 bits per heavy atom. The van der Waals surface area contributed by atoms with Gasteiger partial charge in [0.25, 0.3) is 0 Å². The van der Waals surface area contributed by atoms with Crippen LogP contribution in [-0.2, 0) is 4.79 Å². The highest BCUT2D eigenvalue weighted by molar-refractivity contribution is 5.78. The maximum Gasteiger partial charge on any atom is 0.234 e. The van der Waals surface area contributed by atoms with Crippen LogP contribution in [0.15, 0.2) is 0 Å². The lowest BCUT2D eigenvalue weighted by atomic mass is 9.76. The molecule has 2 rings (SSSR count). The standard InChI is InChI=1S/C15H29N3O/c1-12-5-7-15(11-16,8-6-12)18(2)10-14(19)17-9-13-3-4-13/h12-13H,3-11,16H2,1-2H3,(H,17,19). The fourth-order valence-corrected chi connectivity index (χ4v) is 3.06. The van der Waals surface area contributed by atoms with Crippen LogP contribution in [0.4, 0.5) is 0 Å². The maximum atomic E-state index is 12.0. The molecule has 0 bridgehead atoms. The van der Waals surface area contributed by atoms with Gasteiger partial charge in [-0.1, -0.05) is 6.92 Å². The van der Waals surface area contributed by atoms with Crippen LogP contribution in [0.5, 0.6) is 0 Å². The molecule has 4 heteroatoms. The summed E-state index contributed by atoms with van der Waals surface area (Å²) in [4.78, 5) is 14.2. The molecule has 0 aliphatic heterocycles. The number of hydrogen-bond donors (Lipinski definition) is 2. The zero-order chi connectivity index (χ0) is 13.9. The number of nitrogens with two attached hydrogens (primary N) is 1. The zero-order valence-electron chi connectivity index (χ0n) is 12.5. The van der Waals surface area contributed by atoms with Gasteiger partial charge in [-0.15, -0.1) is 0 Å². The second kappa shape index (κ2) is 6.23. The average molecular weight is 267 g/mol. The monoisotopic (exact) mass is 267 g/mol. The van der Waals surface area contributed by atoms with Crippen molar-refractivity contribution in [3.05, 3.63) is 0 Å². The largest absolute Gasteiger partial charge is 0.355 e. The van der Waals surface area contributed by atoms with Crippen molar-refractivity contribution < 1.29 is 4.79 Å². The molecule has 2 aliphatic carbocycles. The summed E-state index contributed by atoms with van der Waals surface area (Å²) in [5, 5.41) is 3.04. The Kier molecular flexibility index (Phi) is 4.85. The summed E-state index contributed by atoms with van der Waals surface area (Å²) in [5.74, 6) is 1.70. The van der Waals surface area contributed by atoms with E-state index in [0.717, 1.165) is 31.2 Å². The van der Waals surface area contributed by atoms with Crippen LogP contribution < -0.4 is 11.1 Å². The minimum Gasteiger partial charge on any atom is -0.355 e. The zero-order valence-corrected chi connectivity index (χ0v) is 12.5. The lowest BCUT2D eigenvalue weighted by Crippen LogP contribution is -2.56. The molecular weight excluding hydrogens is 238 g/mol. The van der Waals surface area contributed by atoms with Gasteiger partial charge in [-0.3, -0.25) is 9.69 Å². The van der Waals surface area contributed by atoms with Gasteiger partial charge in [0.15, 0.2) is 0 Å². The van der Waals surface area contributed by atoms with Gasteiger partial charge in [-0.2, -0.15) is 0 Å².